The molecule has 1 aliphatic carbocycles. The number of carbonyl (C=O) groups excluding carboxylic acids is 1. The van der Waals surface area contributed by atoms with Crippen molar-refractivity contribution in [2.75, 3.05) is 13.1 Å². The lowest BCUT2D eigenvalue weighted by Gasteiger charge is -2.14. The van der Waals surface area contributed by atoms with Crippen LogP contribution in [0.2, 0.25) is 0 Å². The van der Waals surface area contributed by atoms with Gasteiger partial charge >= 0.3 is 6.18 Å². The fraction of sp³-hybridized carbons (Fsp3) is 0.348. The Hall–Kier alpha value is -3.16. The van der Waals surface area contributed by atoms with Crippen LogP contribution in [0.4, 0.5) is 13.2 Å². The molecule has 5 rings (SSSR count). The first kappa shape index (κ1) is 19.8. The first-order valence-electron chi connectivity index (χ1n) is 10.4. The molecule has 1 amide bonds. The van der Waals surface area contributed by atoms with Crippen molar-refractivity contribution in [1.82, 2.24) is 19.7 Å². The van der Waals surface area contributed by atoms with Gasteiger partial charge in [0.15, 0.2) is 5.82 Å². The molecule has 3 aromatic rings. The second-order valence-electron chi connectivity index (χ2n) is 8.22. The summed E-state index contributed by atoms with van der Waals surface area (Å²) in [7, 11) is 0. The van der Waals surface area contributed by atoms with E-state index in [1.54, 1.807) is 17.0 Å². The topological polar surface area (TPSA) is 51.0 Å². The summed E-state index contributed by atoms with van der Waals surface area (Å²) in [6.45, 7) is 1.36. The predicted molar refractivity (Wildman–Crippen MR) is 109 cm³/mol. The monoisotopic (exact) mass is 426 g/mol. The molecule has 1 atom stereocenters. The summed E-state index contributed by atoms with van der Waals surface area (Å²) in [4.78, 5) is 19.3. The minimum Gasteiger partial charge on any atom is -0.336 e. The fourth-order valence-electron chi connectivity index (χ4n) is 4.24. The van der Waals surface area contributed by atoms with E-state index in [1.165, 1.54) is 29.7 Å². The highest BCUT2D eigenvalue weighted by Crippen LogP contribution is 2.41. The predicted octanol–water partition coefficient (Wildman–Crippen LogP) is 4.83. The molecule has 31 heavy (non-hydrogen) atoms. The van der Waals surface area contributed by atoms with Crippen molar-refractivity contribution in [3.05, 3.63) is 66.0 Å². The van der Waals surface area contributed by atoms with Gasteiger partial charge in [0, 0.05) is 18.7 Å². The van der Waals surface area contributed by atoms with E-state index in [9.17, 15) is 18.0 Å². The summed E-state index contributed by atoms with van der Waals surface area (Å²) in [6, 6.07) is 13.9. The van der Waals surface area contributed by atoms with Crippen LogP contribution in [-0.4, -0.2) is 38.7 Å². The van der Waals surface area contributed by atoms with E-state index < -0.39 is 11.7 Å². The molecule has 2 aromatic carbocycles. The molecule has 160 valence electrons. The zero-order valence-electron chi connectivity index (χ0n) is 16.7. The van der Waals surface area contributed by atoms with Gasteiger partial charge in [-0.05, 0) is 49.3 Å². The Morgan fingerprint density at radius 2 is 1.74 bits per heavy atom. The van der Waals surface area contributed by atoms with Crippen LogP contribution in [0.3, 0.4) is 0 Å². The van der Waals surface area contributed by atoms with Crippen molar-refractivity contribution in [2.24, 2.45) is 11.8 Å². The Bertz CT molecular complexity index is 1110. The summed E-state index contributed by atoms with van der Waals surface area (Å²) in [5.41, 5.74) is 0.0976. The number of rotatable bonds is 4. The normalized spacial score (nSPS) is 19.1. The fourth-order valence-corrected chi connectivity index (χ4v) is 4.24. The van der Waals surface area contributed by atoms with Gasteiger partial charge in [-0.25, -0.2) is 9.67 Å². The van der Waals surface area contributed by atoms with Crippen LogP contribution >= 0.6 is 0 Å². The van der Waals surface area contributed by atoms with Crippen molar-refractivity contribution in [3.63, 3.8) is 0 Å². The van der Waals surface area contributed by atoms with E-state index in [2.05, 4.69) is 10.1 Å². The first-order valence-corrected chi connectivity index (χ1v) is 10.4. The first-order chi connectivity index (χ1) is 14.9. The highest BCUT2D eigenvalue weighted by molar-refractivity contribution is 5.91. The maximum Gasteiger partial charge on any atom is 0.416 e. The van der Waals surface area contributed by atoms with Crippen molar-refractivity contribution in [1.29, 1.82) is 0 Å². The van der Waals surface area contributed by atoms with Gasteiger partial charge in [-0.1, -0.05) is 36.4 Å². The summed E-state index contributed by atoms with van der Waals surface area (Å²) >= 11 is 0. The molecule has 5 nitrogen and oxygen atoms in total. The van der Waals surface area contributed by atoms with Crippen LogP contribution in [0, 0.1) is 11.8 Å². The molecule has 1 saturated carbocycles. The van der Waals surface area contributed by atoms with Crippen LogP contribution in [-0.2, 0) is 6.18 Å². The average molecular weight is 426 g/mol. The van der Waals surface area contributed by atoms with Gasteiger partial charge in [0.2, 0.25) is 5.82 Å². The molecule has 2 fully saturated rings. The van der Waals surface area contributed by atoms with Crippen molar-refractivity contribution in [2.45, 2.75) is 25.4 Å². The lowest BCUT2D eigenvalue weighted by molar-refractivity contribution is -0.137. The van der Waals surface area contributed by atoms with Crippen molar-refractivity contribution in [3.8, 4) is 17.1 Å². The van der Waals surface area contributed by atoms with Gasteiger partial charge in [0.1, 0.15) is 0 Å². The van der Waals surface area contributed by atoms with Gasteiger partial charge in [0.05, 0.1) is 11.3 Å². The second kappa shape index (κ2) is 7.51. The number of amides is 1. The number of likely N-dealkylation sites (tertiary alicyclic amines) is 1. The number of aromatic nitrogens is 3. The average Bonchev–Trinajstić information content (AvgIpc) is 3.33. The van der Waals surface area contributed by atoms with E-state index in [0.29, 0.717) is 36.3 Å². The van der Waals surface area contributed by atoms with Gasteiger partial charge < -0.3 is 4.90 Å². The van der Waals surface area contributed by atoms with Crippen LogP contribution in [0.5, 0.6) is 0 Å². The van der Waals surface area contributed by atoms with E-state index in [4.69, 9.17) is 0 Å². The Morgan fingerprint density at radius 3 is 2.45 bits per heavy atom. The maximum absolute atomic E-state index is 13.2. The number of halogens is 3. The van der Waals surface area contributed by atoms with Gasteiger partial charge in [-0.15, -0.1) is 5.10 Å². The second-order valence-corrected chi connectivity index (χ2v) is 8.22. The molecule has 0 N–H and O–H groups in total. The zero-order chi connectivity index (χ0) is 21.6. The van der Waals surface area contributed by atoms with Gasteiger partial charge in [0.25, 0.3) is 5.91 Å². The number of nitrogens with zero attached hydrogens (tertiary/aromatic N) is 4. The molecule has 0 spiro atoms. The van der Waals surface area contributed by atoms with Crippen LogP contribution in [0.15, 0.2) is 54.6 Å². The third-order valence-electron chi connectivity index (χ3n) is 6.05. The molecule has 1 unspecified atom stereocenters. The summed E-state index contributed by atoms with van der Waals surface area (Å²) in [5, 5.41) is 4.36. The van der Waals surface area contributed by atoms with E-state index >= 15 is 0 Å². The molecular formula is C23H21F3N4O. The molecule has 8 heteroatoms. The summed E-state index contributed by atoms with van der Waals surface area (Å²) < 4.78 is 41.1. The Morgan fingerprint density at radius 1 is 0.968 bits per heavy atom. The quantitative estimate of drug-likeness (QED) is 0.601. The largest absolute Gasteiger partial charge is 0.416 e. The molecule has 1 aliphatic heterocycles. The van der Waals surface area contributed by atoms with Crippen molar-refractivity contribution < 1.29 is 18.0 Å². The van der Waals surface area contributed by atoms with Crippen LogP contribution < -0.4 is 0 Å². The number of hydrogen-bond donors (Lipinski definition) is 0. The molecule has 0 radical (unpaired) electrons. The zero-order valence-corrected chi connectivity index (χ0v) is 16.7. The molecule has 0 bridgehead atoms. The molecule has 2 aliphatic rings. The summed E-state index contributed by atoms with van der Waals surface area (Å²) in [5.74, 6) is 1.32. The van der Waals surface area contributed by atoms with E-state index in [0.717, 1.165) is 18.6 Å². The van der Waals surface area contributed by atoms with Gasteiger partial charge in [-0.3, -0.25) is 4.79 Å². The minimum absolute atomic E-state index is 0.00714. The Balaban J connectivity index is 1.53. The van der Waals surface area contributed by atoms with Crippen molar-refractivity contribution >= 4 is 5.91 Å². The highest BCUT2D eigenvalue weighted by atomic mass is 19.4. The third-order valence-corrected chi connectivity index (χ3v) is 6.05. The van der Waals surface area contributed by atoms with E-state index in [1.807, 2.05) is 18.2 Å². The standard InChI is InChI=1S/C23H21F3N4O/c24-23(25,26)18-7-4-8-19(13-18)30-21(16-5-2-1-3-6-16)27-20(28-30)22(31)29-12-11-17(14-29)15-9-10-15/h1-8,13,15,17H,9-12,14H2. The van der Waals surface area contributed by atoms with E-state index in [-0.39, 0.29) is 17.4 Å². The number of alkyl halides is 3. The molecule has 1 aromatic heterocycles. The van der Waals surface area contributed by atoms with Crippen LogP contribution in [0.25, 0.3) is 17.1 Å². The SMILES string of the molecule is O=C(c1nc(-c2ccccc2)n(-c2cccc(C(F)(F)F)c2)n1)N1CCC(C2CC2)C1. The minimum atomic E-state index is -4.48. The van der Waals surface area contributed by atoms with Crippen LogP contribution in [0.1, 0.15) is 35.4 Å². The lowest BCUT2D eigenvalue weighted by Crippen LogP contribution is -2.30. The number of hydrogen-bond acceptors (Lipinski definition) is 3. The molecule has 2 heterocycles. The Kier molecular flexibility index (Phi) is 4.79. The highest BCUT2D eigenvalue weighted by Gasteiger charge is 2.38. The maximum atomic E-state index is 13.2. The number of carbonyl (C=O) groups is 1. The van der Waals surface area contributed by atoms with Gasteiger partial charge in [-0.2, -0.15) is 13.2 Å². The third kappa shape index (κ3) is 3.94. The molecule has 1 saturated heterocycles. The Labute approximate surface area is 177 Å². The lowest BCUT2D eigenvalue weighted by atomic mass is 10.0. The summed E-state index contributed by atoms with van der Waals surface area (Å²) in [6.07, 6.45) is -1.04. The smallest absolute Gasteiger partial charge is 0.336 e. The number of benzene rings is 2. The molecular weight excluding hydrogens is 405 g/mol.